The first-order valence-electron chi connectivity index (χ1n) is 4.66. The van der Waals surface area contributed by atoms with Crippen LogP contribution >= 0.6 is 0 Å². The molecule has 1 aliphatic rings. The molecule has 0 aromatic heterocycles. The Kier molecular flexibility index (Phi) is 4.25. The predicted molar refractivity (Wildman–Crippen MR) is 48.9 cm³/mol. The Bertz CT molecular complexity index is 130. The van der Waals surface area contributed by atoms with Gasteiger partial charge in [-0.15, -0.1) is 0 Å². The Morgan fingerprint density at radius 2 is 1.75 bits per heavy atom. The highest BCUT2D eigenvalue weighted by Crippen LogP contribution is 2.00. The first-order valence-corrected chi connectivity index (χ1v) is 4.66. The van der Waals surface area contributed by atoms with Gasteiger partial charge < -0.3 is 9.80 Å². The van der Waals surface area contributed by atoms with Crippen molar-refractivity contribution in [3.63, 3.8) is 0 Å². The van der Waals surface area contributed by atoms with Crippen LogP contribution in [0.25, 0.3) is 0 Å². The SMILES string of the molecule is CCN1CCN(CC[C]=O)CC1. The second-order valence-corrected chi connectivity index (χ2v) is 3.17. The summed E-state index contributed by atoms with van der Waals surface area (Å²) < 4.78 is 0. The monoisotopic (exact) mass is 169 g/mol. The summed E-state index contributed by atoms with van der Waals surface area (Å²) in [7, 11) is 0. The van der Waals surface area contributed by atoms with Crippen molar-refractivity contribution in [2.75, 3.05) is 39.3 Å². The molecule has 0 aromatic carbocycles. The maximum absolute atomic E-state index is 10.0. The van der Waals surface area contributed by atoms with Crippen LogP contribution in [0.4, 0.5) is 0 Å². The van der Waals surface area contributed by atoms with Crippen LogP contribution in [0.3, 0.4) is 0 Å². The van der Waals surface area contributed by atoms with E-state index in [-0.39, 0.29) is 0 Å². The molecule has 1 aliphatic heterocycles. The van der Waals surface area contributed by atoms with Gasteiger partial charge in [-0.05, 0) is 6.54 Å². The van der Waals surface area contributed by atoms with E-state index in [9.17, 15) is 4.79 Å². The van der Waals surface area contributed by atoms with E-state index < -0.39 is 0 Å². The standard InChI is InChI=1S/C9H17N2O/c1-2-10-5-7-11(8-6-10)4-3-9-12/h2-8H2,1H3. The number of nitrogens with zero attached hydrogens (tertiary/aromatic N) is 2. The Hall–Kier alpha value is -0.410. The van der Waals surface area contributed by atoms with Crippen molar-refractivity contribution in [2.24, 2.45) is 0 Å². The summed E-state index contributed by atoms with van der Waals surface area (Å²) in [6.07, 6.45) is 2.50. The molecule has 0 unspecified atom stereocenters. The van der Waals surface area contributed by atoms with Crippen LogP contribution < -0.4 is 0 Å². The van der Waals surface area contributed by atoms with Gasteiger partial charge in [-0.25, -0.2) is 0 Å². The topological polar surface area (TPSA) is 23.6 Å². The van der Waals surface area contributed by atoms with Crippen molar-refractivity contribution in [1.82, 2.24) is 9.80 Å². The fourth-order valence-electron chi connectivity index (χ4n) is 1.53. The van der Waals surface area contributed by atoms with Crippen LogP contribution in [-0.2, 0) is 4.79 Å². The maximum Gasteiger partial charge on any atom is 0.199 e. The maximum atomic E-state index is 10.0. The molecule has 3 nitrogen and oxygen atoms in total. The number of piperazine rings is 1. The molecule has 1 heterocycles. The van der Waals surface area contributed by atoms with E-state index in [2.05, 4.69) is 16.7 Å². The Morgan fingerprint density at radius 3 is 2.25 bits per heavy atom. The summed E-state index contributed by atoms with van der Waals surface area (Å²) in [6.45, 7) is 8.74. The lowest BCUT2D eigenvalue weighted by Crippen LogP contribution is -2.46. The minimum Gasteiger partial charge on any atom is -0.301 e. The van der Waals surface area contributed by atoms with Crippen molar-refractivity contribution in [3.8, 4) is 0 Å². The third-order valence-electron chi connectivity index (χ3n) is 2.44. The largest absolute Gasteiger partial charge is 0.301 e. The van der Waals surface area contributed by atoms with E-state index in [0.29, 0.717) is 6.42 Å². The molecule has 1 fully saturated rings. The average Bonchev–Trinajstić information content (AvgIpc) is 2.15. The second-order valence-electron chi connectivity index (χ2n) is 3.17. The zero-order valence-corrected chi connectivity index (χ0v) is 7.75. The van der Waals surface area contributed by atoms with Gasteiger partial charge in [0.05, 0.1) is 0 Å². The Balaban J connectivity index is 2.12. The van der Waals surface area contributed by atoms with E-state index in [1.807, 2.05) is 6.29 Å². The third kappa shape index (κ3) is 2.91. The highest BCUT2D eigenvalue weighted by Gasteiger charge is 2.14. The number of hydrogen-bond acceptors (Lipinski definition) is 3. The molecule has 0 atom stereocenters. The number of hydrogen-bond donors (Lipinski definition) is 0. The van der Waals surface area contributed by atoms with Crippen molar-refractivity contribution in [3.05, 3.63) is 0 Å². The molecule has 0 saturated carbocycles. The van der Waals surface area contributed by atoms with Crippen molar-refractivity contribution in [1.29, 1.82) is 0 Å². The van der Waals surface area contributed by atoms with Gasteiger partial charge in [0.2, 0.25) is 0 Å². The van der Waals surface area contributed by atoms with Crippen LogP contribution in [0.5, 0.6) is 0 Å². The van der Waals surface area contributed by atoms with Gasteiger partial charge in [0.25, 0.3) is 0 Å². The van der Waals surface area contributed by atoms with Crippen LogP contribution in [0.1, 0.15) is 13.3 Å². The summed E-state index contributed by atoms with van der Waals surface area (Å²) in [4.78, 5) is 14.8. The van der Waals surface area contributed by atoms with Gasteiger partial charge in [-0.3, -0.25) is 4.79 Å². The Morgan fingerprint density at radius 1 is 1.17 bits per heavy atom. The van der Waals surface area contributed by atoms with Crippen LogP contribution in [0, 0.1) is 0 Å². The van der Waals surface area contributed by atoms with Crippen LogP contribution in [0.2, 0.25) is 0 Å². The molecular formula is C9H17N2O. The molecule has 0 spiro atoms. The summed E-state index contributed by atoms with van der Waals surface area (Å²) in [6, 6.07) is 0. The predicted octanol–water partition coefficient (Wildman–Crippen LogP) is 0.124. The van der Waals surface area contributed by atoms with Crippen LogP contribution in [0.15, 0.2) is 0 Å². The molecule has 69 valence electrons. The smallest absolute Gasteiger partial charge is 0.199 e. The summed E-state index contributed by atoms with van der Waals surface area (Å²) >= 11 is 0. The highest BCUT2D eigenvalue weighted by atomic mass is 16.1. The average molecular weight is 169 g/mol. The zero-order valence-electron chi connectivity index (χ0n) is 7.75. The zero-order chi connectivity index (χ0) is 8.81. The summed E-state index contributed by atoms with van der Waals surface area (Å²) in [5, 5.41) is 0. The number of likely N-dealkylation sites (N-methyl/N-ethyl adjacent to an activating group) is 1. The molecule has 0 bridgehead atoms. The van der Waals surface area contributed by atoms with Gasteiger partial charge >= 0.3 is 0 Å². The van der Waals surface area contributed by atoms with Crippen LogP contribution in [-0.4, -0.2) is 55.4 Å². The summed E-state index contributed by atoms with van der Waals surface area (Å²) in [5.74, 6) is 0. The molecule has 1 rings (SSSR count). The minimum atomic E-state index is 0.562. The van der Waals surface area contributed by atoms with E-state index in [0.717, 1.165) is 39.3 Å². The quantitative estimate of drug-likeness (QED) is 0.597. The lowest BCUT2D eigenvalue weighted by Gasteiger charge is -2.33. The minimum absolute atomic E-state index is 0.562. The van der Waals surface area contributed by atoms with E-state index in [1.54, 1.807) is 0 Å². The first kappa shape index (κ1) is 9.68. The summed E-state index contributed by atoms with van der Waals surface area (Å²) in [5.41, 5.74) is 0. The fourth-order valence-corrected chi connectivity index (χ4v) is 1.53. The van der Waals surface area contributed by atoms with Crippen molar-refractivity contribution < 1.29 is 4.79 Å². The normalized spacial score (nSPS) is 21.1. The molecule has 0 aromatic rings. The number of carbonyl (C=O) groups excluding carboxylic acids is 1. The molecular weight excluding hydrogens is 152 g/mol. The van der Waals surface area contributed by atoms with Crippen molar-refractivity contribution >= 4 is 6.29 Å². The Labute approximate surface area is 74.3 Å². The molecule has 1 radical (unpaired) electrons. The first-order chi connectivity index (χ1) is 5.86. The van der Waals surface area contributed by atoms with Crippen molar-refractivity contribution in [2.45, 2.75) is 13.3 Å². The molecule has 12 heavy (non-hydrogen) atoms. The van der Waals surface area contributed by atoms with Gasteiger partial charge in [0.1, 0.15) is 0 Å². The lowest BCUT2D eigenvalue weighted by atomic mass is 10.3. The molecule has 0 amide bonds. The molecule has 0 N–H and O–H groups in total. The number of rotatable bonds is 4. The second kappa shape index (κ2) is 5.27. The third-order valence-corrected chi connectivity index (χ3v) is 2.44. The van der Waals surface area contributed by atoms with E-state index in [4.69, 9.17) is 0 Å². The van der Waals surface area contributed by atoms with E-state index >= 15 is 0 Å². The van der Waals surface area contributed by atoms with Gasteiger partial charge in [-0.1, -0.05) is 6.92 Å². The fraction of sp³-hybridized carbons (Fsp3) is 0.889. The van der Waals surface area contributed by atoms with E-state index in [1.165, 1.54) is 0 Å². The lowest BCUT2D eigenvalue weighted by molar-refractivity contribution is 0.140. The van der Waals surface area contributed by atoms with Gasteiger partial charge in [-0.2, -0.15) is 0 Å². The van der Waals surface area contributed by atoms with Gasteiger partial charge in [0.15, 0.2) is 6.29 Å². The molecule has 3 heteroatoms. The highest BCUT2D eigenvalue weighted by molar-refractivity contribution is 5.50. The van der Waals surface area contributed by atoms with Gasteiger partial charge in [0, 0.05) is 39.1 Å². The molecule has 1 saturated heterocycles. The molecule has 0 aliphatic carbocycles.